The van der Waals surface area contributed by atoms with Gasteiger partial charge in [-0.15, -0.1) is 12.4 Å². The first kappa shape index (κ1) is 14.9. The fraction of sp³-hybridized carbons (Fsp3) is 0.357. The predicted molar refractivity (Wildman–Crippen MR) is 76.8 cm³/mol. The average molecular weight is 267 g/mol. The van der Waals surface area contributed by atoms with Crippen LogP contribution in [0.4, 0.5) is 0 Å². The largest absolute Gasteiger partial charge is 0.396 e. The highest BCUT2D eigenvalue weighted by molar-refractivity contribution is 5.85. The quantitative estimate of drug-likeness (QED) is 0.898. The highest BCUT2D eigenvalue weighted by Gasteiger charge is 2.28. The van der Waals surface area contributed by atoms with Gasteiger partial charge in [0, 0.05) is 29.6 Å². The third kappa shape index (κ3) is 2.64. The van der Waals surface area contributed by atoms with Gasteiger partial charge in [-0.05, 0) is 17.7 Å². The molecule has 0 amide bonds. The summed E-state index contributed by atoms with van der Waals surface area (Å²) in [5, 5.41) is 10.5. The summed E-state index contributed by atoms with van der Waals surface area (Å²) in [6, 6.07) is 9.65. The SMILES string of the molecule is CC(C)(CO)[C@@H](N)c1ccnc2ccccc12.Cl. The molecule has 0 unspecified atom stereocenters. The Hall–Kier alpha value is -1.16. The second-order valence-electron chi connectivity index (χ2n) is 5.04. The lowest BCUT2D eigenvalue weighted by Crippen LogP contribution is -2.32. The molecule has 0 saturated heterocycles. The molecule has 3 nitrogen and oxygen atoms in total. The first-order valence-corrected chi connectivity index (χ1v) is 5.76. The molecule has 1 atom stereocenters. The maximum Gasteiger partial charge on any atom is 0.0705 e. The zero-order valence-corrected chi connectivity index (χ0v) is 11.4. The number of nitrogens with two attached hydrogens (primary N) is 1. The molecule has 1 heterocycles. The lowest BCUT2D eigenvalue weighted by atomic mass is 9.81. The van der Waals surface area contributed by atoms with E-state index in [1.54, 1.807) is 6.20 Å². The van der Waals surface area contributed by atoms with E-state index >= 15 is 0 Å². The van der Waals surface area contributed by atoms with Crippen molar-refractivity contribution >= 4 is 23.3 Å². The maximum absolute atomic E-state index is 9.40. The van der Waals surface area contributed by atoms with E-state index < -0.39 is 0 Å². The van der Waals surface area contributed by atoms with Crippen molar-refractivity contribution in [3.8, 4) is 0 Å². The second-order valence-corrected chi connectivity index (χ2v) is 5.04. The minimum atomic E-state index is -0.343. The summed E-state index contributed by atoms with van der Waals surface area (Å²) in [6.45, 7) is 3.99. The maximum atomic E-state index is 9.40. The van der Waals surface area contributed by atoms with Gasteiger partial charge < -0.3 is 10.8 Å². The highest BCUT2D eigenvalue weighted by atomic mass is 35.5. The Labute approximate surface area is 113 Å². The number of fused-ring (bicyclic) bond motifs is 1. The highest BCUT2D eigenvalue weighted by Crippen LogP contribution is 2.33. The predicted octanol–water partition coefficient (Wildman–Crippen LogP) is 2.67. The second kappa shape index (κ2) is 5.65. The van der Waals surface area contributed by atoms with E-state index in [0.29, 0.717) is 0 Å². The Morgan fingerprint density at radius 2 is 1.94 bits per heavy atom. The van der Waals surface area contributed by atoms with Gasteiger partial charge in [-0.25, -0.2) is 0 Å². The van der Waals surface area contributed by atoms with E-state index in [1.165, 1.54) is 0 Å². The number of aromatic nitrogens is 1. The van der Waals surface area contributed by atoms with Crippen molar-refractivity contribution in [2.45, 2.75) is 19.9 Å². The summed E-state index contributed by atoms with van der Waals surface area (Å²) in [4.78, 5) is 4.31. The molecule has 1 aromatic carbocycles. The molecule has 98 valence electrons. The summed E-state index contributed by atoms with van der Waals surface area (Å²) >= 11 is 0. The molecule has 0 bridgehead atoms. The molecule has 1 aromatic heterocycles. The number of aliphatic hydroxyl groups excluding tert-OH is 1. The molecule has 0 fully saturated rings. The number of hydrogen-bond donors (Lipinski definition) is 2. The summed E-state index contributed by atoms with van der Waals surface area (Å²) < 4.78 is 0. The molecule has 18 heavy (non-hydrogen) atoms. The molecular weight excluding hydrogens is 248 g/mol. The van der Waals surface area contributed by atoms with Crippen LogP contribution in [0.3, 0.4) is 0 Å². The molecule has 0 saturated carbocycles. The van der Waals surface area contributed by atoms with Crippen molar-refractivity contribution in [3.05, 3.63) is 42.1 Å². The van der Waals surface area contributed by atoms with Gasteiger partial charge in [0.15, 0.2) is 0 Å². The van der Waals surface area contributed by atoms with Crippen molar-refractivity contribution < 1.29 is 5.11 Å². The van der Waals surface area contributed by atoms with Crippen LogP contribution in [-0.2, 0) is 0 Å². The molecule has 2 aromatic rings. The summed E-state index contributed by atoms with van der Waals surface area (Å²) in [5.74, 6) is 0. The molecule has 0 aliphatic heterocycles. The fourth-order valence-electron chi connectivity index (χ4n) is 1.91. The molecule has 0 aliphatic carbocycles. The lowest BCUT2D eigenvalue weighted by Gasteiger charge is -2.30. The zero-order chi connectivity index (χ0) is 12.5. The zero-order valence-electron chi connectivity index (χ0n) is 10.6. The van der Waals surface area contributed by atoms with Crippen LogP contribution < -0.4 is 5.73 Å². The third-order valence-electron chi connectivity index (χ3n) is 3.27. The smallest absolute Gasteiger partial charge is 0.0705 e. The van der Waals surface area contributed by atoms with E-state index in [1.807, 2.05) is 44.2 Å². The van der Waals surface area contributed by atoms with Gasteiger partial charge in [0.05, 0.1) is 5.52 Å². The fourth-order valence-corrected chi connectivity index (χ4v) is 1.91. The molecule has 0 spiro atoms. The van der Waals surface area contributed by atoms with Gasteiger partial charge in [0.1, 0.15) is 0 Å². The van der Waals surface area contributed by atoms with Crippen LogP contribution in [-0.4, -0.2) is 16.7 Å². The van der Waals surface area contributed by atoms with Gasteiger partial charge in [0.25, 0.3) is 0 Å². The molecule has 2 rings (SSSR count). The molecule has 0 aliphatic rings. The van der Waals surface area contributed by atoms with Crippen LogP contribution >= 0.6 is 12.4 Å². The van der Waals surface area contributed by atoms with Crippen molar-refractivity contribution in [1.29, 1.82) is 0 Å². The number of para-hydroxylation sites is 1. The average Bonchev–Trinajstić information content (AvgIpc) is 2.37. The normalized spacial score (nSPS) is 13.1. The Balaban J connectivity index is 0.00000162. The number of nitrogens with zero attached hydrogens (tertiary/aromatic N) is 1. The standard InChI is InChI=1S/C14H18N2O.ClH/c1-14(2,9-17)13(15)11-7-8-16-12-6-4-3-5-10(11)12;/h3-8,13,17H,9,15H2,1-2H3;1H/t13-;/m0./s1. The van der Waals surface area contributed by atoms with Crippen molar-refractivity contribution in [1.82, 2.24) is 4.98 Å². The van der Waals surface area contributed by atoms with E-state index in [4.69, 9.17) is 5.73 Å². The minimum Gasteiger partial charge on any atom is -0.396 e. The Bertz CT molecular complexity index is 523. The van der Waals surface area contributed by atoms with Crippen molar-refractivity contribution in [2.75, 3.05) is 6.61 Å². The Morgan fingerprint density at radius 3 is 2.61 bits per heavy atom. The van der Waals surface area contributed by atoms with Gasteiger partial charge in [-0.1, -0.05) is 32.0 Å². The molecule has 0 radical (unpaired) electrons. The number of rotatable bonds is 3. The number of hydrogen-bond acceptors (Lipinski definition) is 3. The molecular formula is C14H19ClN2O. The molecule has 4 heteroatoms. The summed E-state index contributed by atoms with van der Waals surface area (Å²) in [7, 11) is 0. The van der Waals surface area contributed by atoms with E-state index in [-0.39, 0.29) is 30.5 Å². The molecule has 3 N–H and O–H groups in total. The van der Waals surface area contributed by atoms with Crippen LogP contribution in [0.5, 0.6) is 0 Å². The van der Waals surface area contributed by atoms with Gasteiger partial charge in [-0.3, -0.25) is 4.98 Å². The van der Waals surface area contributed by atoms with E-state index in [2.05, 4.69) is 4.98 Å². The monoisotopic (exact) mass is 266 g/mol. The van der Waals surface area contributed by atoms with Crippen LogP contribution in [0, 0.1) is 5.41 Å². The van der Waals surface area contributed by atoms with Crippen LogP contribution in [0.2, 0.25) is 0 Å². The lowest BCUT2D eigenvalue weighted by molar-refractivity contribution is 0.133. The first-order chi connectivity index (χ1) is 8.06. The first-order valence-electron chi connectivity index (χ1n) is 5.76. The number of benzene rings is 1. The van der Waals surface area contributed by atoms with Crippen molar-refractivity contribution in [2.24, 2.45) is 11.1 Å². The number of halogens is 1. The topological polar surface area (TPSA) is 59.1 Å². The third-order valence-corrected chi connectivity index (χ3v) is 3.27. The van der Waals surface area contributed by atoms with Crippen LogP contribution in [0.1, 0.15) is 25.5 Å². The van der Waals surface area contributed by atoms with Gasteiger partial charge >= 0.3 is 0 Å². The Morgan fingerprint density at radius 1 is 1.28 bits per heavy atom. The summed E-state index contributed by atoms with van der Waals surface area (Å²) in [5.41, 5.74) is 7.89. The van der Waals surface area contributed by atoms with E-state index in [9.17, 15) is 5.11 Å². The van der Waals surface area contributed by atoms with E-state index in [0.717, 1.165) is 16.5 Å². The minimum absolute atomic E-state index is 0. The van der Waals surface area contributed by atoms with Crippen LogP contribution in [0.25, 0.3) is 10.9 Å². The van der Waals surface area contributed by atoms with Gasteiger partial charge in [-0.2, -0.15) is 0 Å². The number of aliphatic hydroxyl groups is 1. The van der Waals surface area contributed by atoms with Crippen molar-refractivity contribution in [3.63, 3.8) is 0 Å². The Kier molecular flexibility index (Phi) is 4.68. The number of pyridine rings is 1. The van der Waals surface area contributed by atoms with Crippen LogP contribution in [0.15, 0.2) is 36.5 Å². The summed E-state index contributed by atoms with van der Waals surface area (Å²) in [6.07, 6.45) is 1.77. The van der Waals surface area contributed by atoms with Gasteiger partial charge in [0.2, 0.25) is 0 Å².